The second kappa shape index (κ2) is 7.08. The number of ether oxygens (including phenoxy) is 2. The van der Waals surface area contributed by atoms with Crippen molar-refractivity contribution in [3.05, 3.63) is 65.7 Å². The van der Waals surface area contributed by atoms with Crippen LogP contribution in [0.4, 0.5) is 0 Å². The monoisotopic (exact) mass is 271 g/mol. The summed E-state index contributed by atoms with van der Waals surface area (Å²) in [5.74, 6) is 0.836. The zero-order valence-corrected chi connectivity index (χ0v) is 12.0. The van der Waals surface area contributed by atoms with Crippen molar-refractivity contribution < 1.29 is 9.47 Å². The van der Waals surface area contributed by atoms with E-state index < -0.39 is 0 Å². The van der Waals surface area contributed by atoms with Crippen LogP contribution in [0.25, 0.3) is 0 Å². The predicted octanol–water partition coefficient (Wildman–Crippen LogP) is 3.47. The van der Waals surface area contributed by atoms with Gasteiger partial charge in [-0.25, -0.2) is 0 Å². The molecule has 0 fully saturated rings. The van der Waals surface area contributed by atoms with Crippen molar-refractivity contribution in [3.8, 4) is 5.75 Å². The number of nitrogens with two attached hydrogens (primary N) is 1. The Morgan fingerprint density at radius 1 is 1.00 bits per heavy atom. The van der Waals surface area contributed by atoms with Gasteiger partial charge in [-0.2, -0.15) is 0 Å². The average molecular weight is 271 g/mol. The van der Waals surface area contributed by atoms with E-state index in [9.17, 15) is 0 Å². The van der Waals surface area contributed by atoms with Crippen LogP contribution in [0.15, 0.2) is 54.6 Å². The first kappa shape index (κ1) is 14.6. The fourth-order valence-electron chi connectivity index (χ4n) is 2.29. The first-order chi connectivity index (χ1) is 9.76. The molecule has 0 spiro atoms. The molecule has 2 N–H and O–H groups in total. The third-order valence-corrected chi connectivity index (χ3v) is 3.26. The van der Waals surface area contributed by atoms with Crippen molar-refractivity contribution >= 4 is 0 Å². The Bertz CT molecular complexity index is 528. The fraction of sp³-hybridized carbons (Fsp3) is 0.294. The summed E-state index contributed by atoms with van der Waals surface area (Å²) in [6.45, 7) is 2.61. The molecule has 0 aromatic heterocycles. The molecular formula is C17H21NO2. The van der Waals surface area contributed by atoms with Crippen LogP contribution >= 0.6 is 0 Å². The van der Waals surface area contributed by atoms with E-state index in [4.69, 9.17) is 15.2 Å². The normalized spacial score (nSPS) is 13.8. The van der Waals surface area contributed by atoms with Crippen LogP contribution in [0, 0.1) is 0 Å². The molecule has 0 bridgehead atoms. The first-order valence-electron chi connectivity index (χ1n) is 6.82. The van der Waals surface area contributed by atoms with Gasteiger partial charge in [0.1, 0.15) is 11.9 Å². The molecule has 0 aliphatic rings. The number of hydrogen-bond donors (Lipinski definition) is 1. The van der Waals surface area contributed by atoms with Crippen molar-refractivity contribution in [2.24, 2.45) is 5.73 Å². The summed E-state index contributed by atoms with van der Waals surface area (Å²) in [5.41, 5.74) is 8.45. The summed E-state index contributed by atoms with van der Waals surface area (Å²) < 4.78 is 11.1. The molecule has 0 aliphatic carbocycles. The van der Waals surface area contributed by atoms with Gasteiger partial charge in [-0.05, 0) is 30.2 Å². The third-order valence-electron chi connectivity index (χ3n) is 3.26. The Balaban J connectivity index is 2.24. The highest BCUT2D eigenvalue weighted by Gasteiger charge is 2.21. The maximum Gasteiger partial charge on any atom is 0.119 e. The zero-order chi connectivity index (χ0) is 14.4. The minimum atomic E-state index is -0.234. The van der Waals surface area contributed by atoms with E-state index in [1.165, 1.54) is 0 Å². The van der Waals surface area contributed by atoms with E-state index >= 15 is 0 Å². The summed E-state index contributed by atoms with van der Waals surface area (Å²) in [5, 5.41) is 0. The summed E-state index contributed by atoms with van der Waals surface area (Å²) in [6.07, 6.45) is -0.173. The van der Waals surface area contributed by atoms with Crippen LogP contribution in [-0.2, 0) is 4.74 Å². The minimum Gasteiger partial charge on any atom is -0.494 e. The lowest BCUT2D eigenvalue weighted by Crippen LogP contribution is -2.21. The predicted molar refractivity (Wildman–Crippen MR) is 80.7 cm³/mol. The second-order valence-electron chi connectivity index (χ2n) is 4.60. The summed E-state index contributed by atoms with van der Waals surface area (Å²) in [6, 6.07) is 17.7. The number of hydrogen-bond acceptors (Lipinski definition) is 3. The van der Waals surface area contributed by atoms with Crippen molar-refractivity contribution in [1.29, 1.82) is 0 Å². The molecular weight excluding hydrogens is 250 g/mol. The molecule has 2 unspecified atom stereocenters. The Labute approximate surface area is 120 Å². The molecule has 20 heavy (non-hydrogen) atoms. The summed E-state index contributed by atoms with van der Waals surface area (Å²) in [7, 11) is 1.68. The van der Waals surface area contributed by atoms with Crippen molar-refractivity contribution in [1.82, 2.24) is 0 Å². The highest BCUT2D eigenvalue weighted by Crippen LogP contribution is 2.31. The van der Waals surface area contributed by atoms with Crippen molar-refractivity contribution in [2.75, 3.05) is 13.7 Å². The van der Waals surface area contributed by atoms with Crippen molar-refractivity contribution in [3.63, 3.8) is 0 Å². The van der Waals surface area contributed by atoms with Crippen molar-refractivity contribution in [2.45, 2.75) is 19.1 Å². The van der Waals surface area contributed by atoms with E-state index in [1.807, 2.05) is 61.5 Å². The lowest BCUT2D eigenvalue weighted by molar-refractivity contribution is 0.0801. The highest BCUT2D eigenvalue weighted by molar-refractivity contribution is 5.32. The molecule has 2 atom stereocenters. The van der Waals surface area contributed by atoms with Gasteiger partial charge < -0.3 is 15.2 Å². The van der Waals surface area contributed by atoms with Crippen LogP contribution in [0.2, 0.25) is 0 Å². The maximum absolute atomic E-state index is 6.37. The molecule has 0 radical (unpaired) electrons. The SMILES string of the molecule is CCOc1cccc(C(N)C(OC)c2ccccc2)c1. The molecule has 0 saturated heterocycles. The minimum absolute atomic E-state index is 0.173. The number of methoxy groups -OCH3 is 1. The fourth-order valence-corrected chi connectivity index (χ4v) is 2.29. The second-order valence-corrected chi connectivity index (χ2v) is 4.60. The molecule has 106 valence electrons. The molecule has 0 saturated carbocycles. The Morgan fingerprint density at radius 2 is 1.70 bits per heavy atom. The van der Waals surface area contributed by atoms with Gasteiger partial charge in [0.05, 0.1) is 12.6 Å². The molecule has 3 nitrogen and oxygen atoms in total. The van der Waals surface area contributed by atoms with Gasteiger partial charge in [0.15, 0.2) is 0 Å². The van der Waals surface area contributed by atoms with Gasteiger partial charge in [-0.1, -0.05) is 42.5 Å². The van der Waals surface area contributed by atoms with Crippen LogP contribution in [0.1, 0.15) is 30.2 Å². The highest BCUT2D eigenvalue weighted by atomic mass is 16.5. The zero-order valence-electron chi connectivity index (χ0n) is 12.0. The van der Waals surface area contributed by atoms with Gasteiger partial charge in [-0.15, -0.1) is 0 Å². The average Bonchev–Trinajstić information content (AvgIpc) is 2.50. The molecule has 2 rings (SSSR count). The van der Waals surface area contributed by atoms with E-state index in [2.05, 4.69) is 0 Å². The van der Waals surface area contributed by atoms with Gasteiger partial charge >= 0.3 is 0 Å². The lowest BCUT2D eigenvalue weighted by atomic mass is 9.96. The van der Waals surface area contributed by atoms with E-state index in [1.54, 1.807) is 7.11 Å². The van der Waals surface area contributed by atoms with Crippen LogP contribution in [0.5, 0.6) is 5.75 Å². The molecule has 3 heteroatoms. The summed E-state index contributed by atoms with van der Waals surface area (Å²) in [4.78, 5) is 0. The van der Waals surface area contributed by atoms with Gasteiger partial charge in [0.25, 0.3) is 0 Å². The lowest BCUT2D eigenvalue weighted by Gasteiger charge is -2.23. The molecule has 2 aromatic carbocycles. The van der Waals surface area contributed by atoms with E-state index in [0.29, 0.717) is 6.61 Å². The molecule has 0 heterocycles. The van der Waals surface area contributed by atoms with Gasteiger partial charge in [0.2, 0.25) is 0 Å². The Morgan fingerprint density at radius 3 is 2.35 bits per heavy atom. The van der Waals surface area contributed by atoms with Gasteiger partial charge in [0, 0.05) is 7.11 Å². The third kappa shape index (κ3) is 3.38. The quantitative estimate of drug-likeness (QED) is 0.875. The number of benzene rings is 2. The summed E-state index contributed by atoms with van der Waals surface area (Å²) >= 11 is 0. The molecule has 0 amide bonds. The molecule has 2 aromatic rings. The Kier molecular flexibility index (Phi) is 5.16. The largest absolute Gasteiger partial charge is 0.494 e. The van der Waals surface area contributed by atoms with Crippen LogP contribution in [-0.4, -0.2) is 13.7 Å². The van der Waals surface area contributed by atoms with Gasteiger partial charge in [-0.3, -0.25) is 0 Å². The van der Waals surface area contributed by atoms with Crippen LogP contribution in [0.3, 0.4) is 0 Å². The molecule has 0 aliphatic heterocycles. The van der Waals surface area contributed by atoms with E-state index in [-0.39, 0.29) is 12.1 Å². The number of rotatable bonds is 6. The first-order valence-corrected chi connectivity index (χ1v) is 6.82. The maximum atomic E-state index is 6.37. The topological polar surface area (TPSA) is 44.5 Å². The van der Waals surface area contributed by atoms with Crippen LogP contribution < -0.4 is 10.5 Å². The smallest absolute Gasteiger partial charge is 0.119 e. The Hall–Kier alpha value is -1.84. The standard InChI is InChI=1S/C17H21NO2/c1-3-20-15-11-7-10-14(12-15)16(18)17(19-2)13-8-5-4-6-9-13/h4-12,16-17H,3,18H2,1-2H3. The van der Waals surface area contributed by atoms with E-state index in [0.717, 1.165) is 16.9 Å².